The standard InChI is InChI=1S/C26H25N7O5S/c1-4-38-23-11-5-8-18(29-23)26-30-25-19(33(26)24-20(36-2)9-6-10-21(24)37-3)14-17(31-32-25)15-39(34,35)16-22-27-12-7-13-28-22/h5-14H,4,15-16H2,1-3H3. The van der Waals surface area contributed by atoms with Crippen molar-refractivity contribution in [3.8, 4) is 34.6 Å². The van der Waals surface area contributed by atoms with Gasteiger partial charge in [-0.2, -0.15) is 5.10 Å². The van der Waals surface area contributed by atoms with Crippen molar-refractivity contribution in [2.75, 3.05) is 20.8 Å². The molecule has 4 heterocycles. The lowest BCUT2D eigenvalue weighted by molar-refractivity contribution is 0.327. The van der Waals surface area contributed by atoms with Crippen LogP contribution in [0.15, 0.2) is 60.9 Å². The zero-order chi connectivity index (χ0) is 27.4. The van der Waals surface area contributed by atoms with Gasteiger partial charge in [0.25, 0.3) is 0 Å². The summed E-state index contributed by atoms with van der Waals surface area (Å²) in [4.78, 5) is 17.4. The van der Waals surface area contributed by atoms with Gasteiger partial charge >= 0.3 is 0 Å². The number of benzene rings is 1. The molecule has 0 amide bonds. The van der Waals surface area contributed by atoms with Gasteiger partial charge in [-0.25, -0.2) is 28.4 Å². The minimum atomic E-state index is -3.65. The highest BCUT2D eigenvalue weighted by Crippen LogP contribution is 2.38. The van der Waals surface area contributed by atoms with Crippen LogP contribution < -0.4 is 14.2 Å². The summed E-state index contributed by atoms with van der Waals surface area (Å²) in [6, 6.07) is 14.0. The van der Waals surface area contributed by atoms with Gasteiger partial charge in [0.05, 0.1) is 37.8 Å². The highest BCUT2D eigenvalue weighted by atomic mass is 32.2. The van der Waals surface area contributed by atoms with Gasteiger partial charge in [0, 0.05) is 18.5 Å². The van der Waals surface area contributed by atoms with Crippen molar-refractivity contribution in [2.24, 2.45) is 0 Å². The van der Waals surface area contributed by atoms with Crippen LogP contribution in [-0.2, 0) is 21.3 Å². The molecule has 4 aromatic heterocycles. The Bertz CT molecular complexity index is 1700. The van der Waals surface area contributed by atoms with E-state index in [1.807, 2.05) is 13.0 Å². The molecule has 0 radical (unpaired) electrons. The maximum Gasteiger partial charge on any atom is 0.213 e. The van der Waals surface area contributed by atoms with E-state index < -0.39 is 9.84 Å². The minimum absolute atomic E-state index is 0.206. The highest BCUT2D eigenvalue weighted by Gasteiger charge is 2.24. The Labute approximate surface area is 224 Å². The number of hydrogen-bond donors (Lipinski definition) is 0. The van der Waals surface area contributed by atoms with Crippen LogP contribution in [0.5, 0.6) is 17.4 Å². The molecule has 0 atom stereocenters. The number of hydrogen-bond acceptors (Lipinski definition) is 11. The Morgan fingerprint density at radius 3 is 2.28 bits per heavy atom. The van der Waals surface area contributed by atoms with Gasteiger partial charge < -0.3 is 14.2 Å². The van der Waals surface area contributed by atoms with Crippen molar-refractivity contribution in [1.29, 1.82) is 0 Å². The zero-order valence-corrected chi connectivity index (χ0v) is 22.3. The number of methoxy groups -OCH3 is 2. The molecule has 0 spiro atoms. The van der Waals surface area contributed by atoms with E-state index >= 15 is 0 Å². The number of aromatic nitrogens is 7. The lowest BCUT2D eigenvalue weighted by Crippen LogP contribution is -2.11. The first-order chi connectivity index (χ1) is 18.9. The Morgan fingerprint density at radius 1 is 0.872 bits per heavy atom. The molecule has 39 heavy (non-hydrogen) atoms. The van der Waals surface area contributed by atoms with E-state index in [1.165, 1.54) is 12.4 Å². The van der Waals surface area contributed by atoms with Crippen molar-refractivity contribution in [3.63, 3.8) is 0 Å². The molecule has 0 unspecified atom stereocenters. The average Bonchev–Trinajstić information content (AvgIpc) is 3.31. The van der Waals surface area contributed by atoms with Crippen LogP contribution >= 0.6 is 0 Å². The summed E-state index contributed by atoms with van der Waals surface area (Å²) in [7, 11) is -0.552. The van der Waals surface area contributed by atoms with Crippen molar-refractivity contribution < 1.29 is 22.6 Å². The number of sulfone groups is 1. The molecule has 0 saturated heterocycles. The monoisotopic (exact) mass is 547 g/mol. The Hall–Kier alpha value is -4.65. The van der Waals surface area contributed by atoms with Crippen LogP contribution in [0.4, 0.5) is 0 Å². The van der Waals surface area contributed by atoms with Crippen LogP contribution in [0.25, 0.3) is 28.4 Å². The first-order valence-electron chi connectivity index (χ1n) is 12.0. The summed E-state index contributed by atoms with van der Waals surface area (Å²) in [5.74, 6) is 1.37. The third kappa shape index (κ3) is 5.48. The molecule has 5 rings (SSSR count). The predicted octanol–water partition coefficient (Wildman–Crippen LogP) is 3.20. The second kappa shape index (κ2) is 11.0. The Kier molecular flexibility index (Phi) is 7.32. The maximum atomic E-state index is 13.0. The van der Waals surface area contributed by atoms with E-state index in [1.54, 1.807) is 61.3 Å². The number of para-hydroxylation sites is 1. The number of pyridine rings is 1. The second-order valence-electron chi connectivity index (χ2n) is 8.32. The SMILES string of the molecule is CCOc1cccc(-c2nc3nnc(CS(=O)(=O)Cc4ncccn4)cc3n2-c2c(OC)cccc2OC)n1. The fourth-order valence-corrected chi connectivity index (χ4v) is 5.32. The Morgan fingerprint density at radius 2 is 1.59 bits per heavy atom. The fourth-order valence-electron chi connectivity index (χ4n) is 4.09. The van der Waals surface area contributed by atoms with Gasteiger partial charge in [-0.3, -0.25) is 4.57 Å². The molecule has 13 heteroatoms. The first kappa shape index (κ1) is 26.0. The first-order valence-corrected chi connectivity index (χ1v) is 13.8. The summed E-state index contributed by atoms with van der Waals surface area (Å²) >= 11 is 0. The third-order valence-corrected chi connectivity index (χ3v) is 7.11. The molecular weight excluding hydrogens is 522 g/mol. The average molecular weight is 548 g/mol. The molecular formula is C26H25N7O5S. The molecule has 0 fully saturated rings. The smallest absolute Gasteiger partial charge is 0.213 e. The Balaban J connectivity index is 1.69. The number of imidazole rings is 1. The lowest BCUT2D eigenvalue weighted by atomic mass is 10.2. The predicted molar refractivity (Wildman–Crippen MR) is 143 cm³/mol. The van der Waals surface area contributed by atoms with Gasteiger partial charge in [-0.05, 0) is 37.3 Å². The lowest BCUT2D eigenvalue weighted by Gasteiger charge is -2.16. The molecule has 0 aliphatic rings. The van der Waals surface area contributed by atoms with E-state index in [2.05, 4.69) is 25.1 Å². The summed E-state index contributed by atoms with van der Waals surface area (Å²) in [6.45, 7) is 2.32. The van der Waals surface area contributed by atoms with E-state index in [9.17, 15) is 8.42 Å². The quantitative estimate of drug-likeness (QED) is 0.254. The molecule has 1 aromatic carbocycles. The maximum absolute atomic E-state index is 13.0. The molecule has 0 aliphatic heterocycles. The number of fused-ring (bicyclic) bond motifs is 1. The number of ether oxygens (including phenoxy) is 3. The van der Waals surface area contributed by atoms with Crippen molar-refractivity contribution >= 4 is 21.0 Å². The summed E-state index contributed by atoms with van der Waals surface area (Å²) in [5, 5.41) is 8.41. The van der Waals surface area contributed by atoms with Gasteiger partial charge in [0.2, 0.25) is 11.5 Å². The molecule has 0 saturated carbocycles. The van der Waals surface area contributed by atoms with Crippen LogP contribution in [0.1, 0.15) is 18.4 Å². The molecule has 0 aliphatic carbocycles. The van der Waals surface area contributed by atoms with Gasteiger partial charge in [-0.15, -0.1) is 5.10 Å². The third-order valence-electron chi connectivity index (χ3n) is 5.68. The fraction of sp³-hybridized carbons (Fsp3) is 0.231. The van der Waals surface area contributed by atoms with Crippen molar-refractivity contribution in [2.45, 2.75) is 18.4 Å². The van der Waals surface area contributed by atoms with Crippen LogP contribution in [0, 0.1) is 0 Å². The molecule has 200 valence electrons. The zero-order valence-electron chi connectivity index (χ0n) is 21.5. The van der Waals surface area contributed by atoms with Gasteiger partial charge in [0.1, 0.15) is 34.5 Å². The van der Waals surface area contributed by atoms with E-state index in [0.717, 1.165) is 0 Å². The van der Waals surface area contributed by atoms with Crippen LogP contribution in [-0.4, -0.2) is 63.9 Å². The van der Waals surface area contributed by atoms with E-state index in [0.29, 0.717) is 46.7 Å². The normalized spacial score (nSPS) is 11.5. The van der Waals surface area contributed by atoms with Gasteiger partial charge in [0.15, 0.2) is 15.7 Å². The number of nitrogens with zero attached hydrogens (tertiary/aromatic N) is 7. The van der Waals surface area contributed by atoms with Crippen LogP contribution in [0.3, 0.4) is 0 Å². The van der Waals surface area contributed by atoms with Crippen LogP contribution in [0.2, 0.25) is 0 Å². The summed E-state index contributed by atoms with van der Waals surface area (Å²) in [5.41, 5.74) is 2.06. The molecule has 12 nitrogen and oxygen atoms in total. The van der Waals surface area contributed by atoms with E-state index in [4.69, 9.17) is 19.2 Å². The van der Waals surface area contributed by atoms with Crippen molar-refractivity contribution in [3.05, 3.63) is 72.4 Å². The molecule has 0 N–H and O–H groups in total. The van der Waals surface area contributed by atoms with Crippen molar-refractivity contribution in [1.82, 2.24) is 34.7 Å². The molecule has 5 aromatic rings. The number of rotatable bonds is 10. The highest BCUT2D eigenvalue weighted by molar-refractivity contribution is 7.89. The minimum Gasteiger partial charge on any atom is -0.494 e. The molecule has 0 bridgehead atoms. The van der Waals surface area contributed by atoms with Gasteiger partial charge in [-0.1, -0.05) is 12.1 Å². The summed E-state index contributed by atoms with van der Waals surface area (Å²) in [6.07, 6.45) is 3.00. The van der Waals surface area contributed by atoms with E-state index in [-0.39, 0.29) is 28.7 Å². The topological polar surface area (TPSA) is 144 Å². The largest absolute Gasteiger partial charge is 0.494 e. The second-order valence-corrected chi connectivity index (χ2v) is 10.4. The summed E-state index contributed by atoms with van der Waals surface area (Å²) < 4.78 is 44.6.